The van der Waals surface area contributed by atoms with Crippen molar-refractivity contribution in [2.75, 3.05) is 0 Å². The van der Waals surface area contributed by atoms with Gasteiger partial charge in [-0.05, 0) is 11.4 Å². The standard InChI is InChI=1S/C7H3F3N2O2S/c8-7(9,10)12-3-1-2-15-4(3)5(13)11-6(12)14/h1-2H,(H,11,13,14). The summed E-state index contributed by atoms with van der Waals surface area (Å²) < 4.78 is 36.8. The lowest BCUT2D eigenvalue weighted by molar-refractivity contribution is -0.203. The van der Waals surface area contributed by atoms with Crippen LogP contribution < -0.4 is 11.2 Å². The van der Waals surface area contributed by atoms with Gasteiger partial charge in [-0.25, -0.2) is 9.36 Å². The molecule has 80 valence electrons. The van der Waals surface area contributed by atoms with E-state index in [4.69, 9.17) is 0 Å². The Morgan fingerprint density at radius 3 is 2.60 bits per heavy atom. The van der Waals surface area contributed by atoms with Crippen LogP contribution in [0.5, 0.6) is 0 Å². The Hall–Kier alpha value is -1.57. The van der Waals surface area contributed by atoms with Crippen molar-refractivity contribution >= 4 is 21.6 Å². The lowest BCUT2D eigenvalue weighted by atomic mass is 10.4. The predicted molar refractivity (Wildman–Crippen MR) is 48.0 cm³/mol. The summed E-state index contributed by atoms with van der Waals surface area (Å²) in [5.74, 6) is 0. The molecule has 0 aliphatic carbocycles. The van der Waals surface area contributed by atoms with E-state index in [0.29, 0.717) is 0 Å². The van der Waals surface area contributed by atoms with Gasteiger partial charge in [0.25, 0.3) is 5.56 Å². The van der Waals surface area contributed by atoms with Crippen LogP contribution >= 0.6 is 11.3 Å². The highest BCUT2D eigenvalue weighted by molar-refractivity contribution is 7.17. The molecule has 0 atom stereocenters. The van der Waals surface area contributed by atoms with Crippen LogP contribution in [0.15, 0.2) is 21.0 Å². The van der Waals surface area contributed by atoms with Crippen molar-refractivity contribution in [3.63, 3.8) is 0 Å². The zero-order valence-electron chi connectivity index (χ0n) is 6.96. The summed E-state index contributed by atoms with van der Waals surface area (Å²) in [7, 11) is 0. The summed E-state index contributed by atoms with van der Waals surface area (Å²) in [6.45, 7) is 0. The van der Waals surface area contributed by atoms with Crippen LogP contribution in [0.3, 0.4) is 0 Å². The first kappa shape index (κ1) is 9.97. The average Bonchev–Trinajstić information content (AvgIpc) is 2.49. The lowest BCUT2D eigenvalue weighted by Gasteiger charge is -2.09. The third kappa shape index (κ3) is 1.46. The van der Waals surface area contributed by atoms with Crippen LogP contribution in [0.4, 0.5) is 13.2 Å². The van der Waals surface area contributed by atoms with Crippen molar-refractivity contribution in [3.05, 3.63) is 32.3 Å². The molecule has 2 aromatic rings. The van der Waals surface area contributed by atoms with Gasteiger partial charge in [0.15, 0.2) is 0 Å². The minimum atomic E-state index is -4.83. The van der Waals surface area contributed by atoms with Crippen molar-refractivity contribution in [2.24, 2.45) is 0 Å². The van der Waals surface area contributed by atoms with Gasteiger partial charge in [-0.3, -0.25) is 9.78 Å². The molecule has 0 fully saturated rings. The van der Waals surface area contributed by atoms with Crippen LogP contribution in [0.25, 0.3) is 10.2 Å². The van der Waals surface area contributed by atoms with Gasteiger partial charge < -0.3 is 0 Å². The van der Waals surface area contributed by atoms with Crippen molar-refractivity contribution in [1.29, 1.82) is 0 Å². The summed E-state index contributed by atoms with van der Waals surface area (Å²) >= 11 is 0.849. The van der Waals surface area contributed by atoms with E-state index >= 15 is 0 Å². The molecule has 8 heteroatoms. The van der Waals surface area contributed by atoms with Gasteiger partial charge in [-0.15, -0.1) is 24.5 Å². The number of fused-ring (bicyclic) bond motifs is 1. The maximum absolute atomic E-state index is 12.4. The van der Waals surface area contributed by atoms with Crippen molar-refractivity contribution in [3.8, 4) is 0 Å². The average molecular weight is 236 g/mol. The number of nitrogens with one attached hydrogen (secondary N) is 1. The fraction of sp³-hybridized carbons (Fsp3) is 0.143. The first-order valence-corrected chi connectivity index (χ1v) is 4.59. The van der Waals surface area contributed by atoms with E-state index in [2.05, 4.69) is 0 Å². The highest BCUT2D eigenvalue weighted by Crippen LogP contribution is 2.25. The number of rotatable bonds is 0. The zero-order valence-corrected chi connectivity index (χ0v) is 7.78. The molecule has 1 N–H and O–H groups in total. The number of alkyl halides is 3. The van der Waals surface area contributed by atoms with E-state index in [0.717, 1.165) is 17.4 Å². The molecule has 2 heterocycles. The number of aromatic amines is 1. The summed E-state index contributed by atoms with van der Waals surface area (Å²) in [6, 6.07) is 1.09. The van der Waals surface area contributed by atoms with Crippen LogP contribution in [0.2, 0.25) is 0 Å². The maximum Gasteiger partial charge on any atom is 0.493 e. The Morgan fingerprint density at radius 1 is 1.33 bits per heavy atom. The Bertz CT molecular complexity index is 621. The van der Waals surface area contributed by atoms with Gasteiger partial charge in [-0.2, -0.15) is 0 Å². The van der Waals surface area contributed by atoms with E-state index < -0.39 is 23.1 Å². The summed E-state index contributed by atoms with van der Waals surface area (Å²) in [5.41, 5.74) is -2.69. The molecule has 0 bridgehead atoms. The second-order valence-electron chi connectivity index (χ2n) is 2.70. The Balaban J connectivity index is 3.02. The molecule has 0 aliphatic rings. The normalized spacial score (nSPS) is 12.2. The fourth-order valence-corrected chi connectivity index (χ4v) is 1.99. The molecule has 0 saturated carbocycles. The molecular weight excluding hydrogens is 233 g/mol. The predicted octanol–water partition coefficient (Wildman–Crippen LogP) is 1.23. The van der Waals surface area contributed by atoms with E-state index in [1.54, 1.807) is 4.98 Å². The van der Waals surface area contributed by atoms with Gasteiger partial charge in [0.1, 0.15) is 4.70 Å². The molecule has 0 aromatic carbocycles. The number of aromatic nitrogens is 2. The highest BCUT2D eigenvalue weighted by Gasteiger charge is 2.34. The van der Waals surface area contributed by atoms with Crippen molar-refractivity contribution < 1.29 is 13.2 Å². The van der Waals surface area contributed by atoms with Gasteiger partial charge in [0, 0.05) is 0 Å². The monoisotopic (exact) mass is 236 g/mol. The first-order valence-electron chi connectivity index (χ1n) is 3.71. The minimum absolute atomic E-state index is 0.119. The van der Waals surface area contributed by atoms with Gasteiger partial charge in [0.05, 0.1) is 5.52 Å². The Kier molecular flexibility index (Phi) is 1.97. The molecule has 4 nitrogen and oxygen atoms in total. The van der Waals surface area contributed by atoms with E-state index in [1.807, 2.05) is 0 Å². The van der Waals surface area contributed by atoms with Gasteiger partial charge in [0.2, 0.25) is 0 Å². The number of halogens is 3. The van der Waals surface area contributed by atoms with Gasteiger partial charge in [-0.1, -0.05) is 0 Å². The molecule has 0 radical (unpaired) electrons. The summed E-state index contributed by atoms with van der Waals surface area (Å²) in [4.78, 5) is 23.7. The number of hydrogen-bond acceptors (Lipinski definition) is 3. The van der Waals surface area contributed by atoms with E-state index in [9.17, 15) is 22.8 Å². The largest absolute Gasteiger partial charge is 0.493 e. The molecule has 2 rings (SSSR count). The van der Waals surface area contributed by atoms with Crippen LogP contribution in [-0.2, 0) is 6.30 Å². The zero-order chi connectivity index (χ0) is 11.2. The molecule has 15 heavy (non-hydrogen) atoms. The van der Waals surface area contributed by atoms with Gasteiger partial charge >= 0.3 is 12.0 Å². The van der Waals surface area contributed by atoms with Crippen LogP contribution in [0, 0.1) is 0 Å². The van der Waals surface area contributed by atoms with Crippen molar-refractivity contribution in [2.45, 2.75) is 6.30 Å². The number of nitrogens with zero attached hydrogens (tertiary/aromatic N) is 1. The Labute approximate surface area is 83.6 Å². The molecule has 0 aliphatic heterocycles. The maximum atomic E-state index is 12.4. The third-order valence-electron chi connectivity index (χ3n) is 1.77. The SMILES string of the molecule is O=c1[nH]c(=O)n(C(F)(F)F)c2ccsc12. The smallest absolute Gasteiger partial charge is 0.273 e. The molecule has 0 amide bonds. The van der Waals surface area contributed by atoms with Crippen LogP contribution in [0.1, 0.15) is 0 Å². The second-order valence-corrected chi connectivity index (χ2v) is 3.61. The molecule has 0 unspecified atom stereocenters. The summed E-state index contributed by atoms with van der Waals surface area (Å²) in [6.07, 6.45) is -4.83. The van der Waals surface area contributed by atoms with Crippen LogP contribution in [-0.4, -0.2) is 9.55 Å². The second kappa shape index (κ2) is 2.96. The quantitative estimate of drug-likeness (QED) is 0.747. The number of thiophene rings is 1. The summed E-state index contributed by atoms with van der Waals surface area (Å²) in [5, 5.41) is 1.32. The minimum Gasteiger partial charge on any atom is -0.273 e. The van der Waals surface area contributed by atoms with Crippen molar-refractivity contribution in [1.82, 2.24) is 9.55 Å². The molecular formula is C7H3F3N2O2S. The lowest BCUT2D eigenvalue weighted by Crippen LogP contribution is -2.36. The molecule has 0 saturated heterocycles. The highest BCUT2D eigenvalue weighted by atomic mass is 32.1. The topological polar surface area (TPSA) is 54.9 Å². The van der Waals surface area contributed by atoms with E-state index in [-0.39, 0.29) is 9.27 Å². The fourth-order valence-electron chi connectivity index (χ4n) is 1.22. The number of H-pyrrole nitrogens is 1. The molecule has 2 aromatic heterocycles. The first-order chi connectivity index (χ1) is 6.91. The Morgan fingerprint density at radius 2 is 2.00 bits per heavy atom. The van der Waals surface area contributed by atoms with E-state index in [1.165, 1.54) is 5.38 Å². The third-order valence-corrected chi connectivity index (χ3v) is 2.67. The number of hydrogen-bond donors (Lipinski definition) is 1. The molecule has 0 spiro atoms.